The Balaban J connectivity index is 1.69. The van der Waals surface area contributed by atoms with Crippen molar-refractivity contribution in [1.29, 1.82) is 0 Å². The second kappa shape index (κ2) is 6.48. The van der Waals surface area contributed by atoms with E-state index in [0.717, 1.165) is 49.8 Å². The fourth-order valence-electron chi connectivity index (χ4n) is 2.43. The van der Waals surface area contributed by atoms with Gasteiger partial charge in [-0.25, -0.2) is 4.98 Å². The normalized spacial score (nSPS) is 16.0. The van der Waals surface area contributed by atoms with Gasteiger partial charge in [-0.1, -0.05) is 11.4 Å². The van der Waals surface area contributed by atoms with E-state index in [1.165, 1.54) is 11.5 Å². The lowest BCUT2D eigenvalue weighted by Gasteiger charge is -2.21. The molecule has 0 radical (unpaired) electrons. The fraction of sp³-hybridized carbons (Fsp3) is 0.538. The van der Waals surface area contributed by atoms with Crippen molar-refractivity contribution in [3.8, 4) is 0 Å². The van der Waals surface area contributed by atoms with Crippen molar-refractivity contribution in [1.82, 2.24) is 19.5 Å². The van der Waals surface area contributed by atoms with Crippen LogP contribution >= 0.6 is 22.9 Å². The highest BCUT2D eigenvalue weighted by atomic mass is 32.1. The summed E-state index contributed by atoms with van der Waals surface area (Å²) < 4.78 is 3.91. The first kappa shape index (κ1) is 14.4. The van der Waals surface area contributed by atoms with Crippen LogP contribution in [0, 0.1) is 0 Å². The van der Waals surface area contributed by atoms with Crippen LogP contribution in [0.15, 0.2) is 11.6 Å². The van der Waals surface area contributed by atoms with Crippen molar-refractivity contribution < 1.29 is 4.79 Å². The molecule has 0 spiro atoms. The molecule has 1 fully saturated rings. The number of carbonyl (C=O) groups is 1. The lowest BCUT2D eigenvalue weighted by Crippen LogP contribution is -2.35. The molecule has 0 saturated carbocycles. The lowest BCUT2D eigenvalue weighted by atomic mass is 10.2. The van der Waals surface area contributed by atoms with Crippen molar-refractivity contribution in [2.45, 2.75) is 19.8 Å². The average Bonchev–Trinajstić information content (AvgIpc) is 3.14. The summed E-state index contributed by atoms with van der Waals surface area (Å²) in [4.78, 5) is 21.8. The highest BCUT2D eigenvalue weighted by Gasteiger charge is 2.24. The van der Waals surface area contributed by atoms with Crippen LogP contribution in [0.2, 0.25) is 0 Å². The van der Waals surface area contributed by atoms with Gasteiger partial charge in [0.2, 0.25) is 0 Å². The SMILES string of the molecule is CCc1nnsc1C(=O)N1CCCN(c2nccs2)CC1. The van der Waals surface area contributed by atoms with E-state index >= 15 is 0 Å². The van der Waals surface area contributed by atoms with E-state index in [1.807, 2.05) is 23.4 Å². The van der Waals surface area contributed by atoms with Crippen LogP contribution in [-0.2, 0) is 6.42 Å². The minimum absolute atomic E-state index is 0.0721. The van der Waals surface area contributed by atoms with Gasteiger partial charge in [0.25, 0.3) is 5.91 Å². The summed E-state index contributed by atoms with van der Waals surface area (Å²) in [6.45, 7) is 5.27. The van der Waals surface area contributed by atoms with Gasteiger partial charge in [-0.2, -0.15) is 0 Å². The highest BCUT2D eigenvalue weighted by molar-refractivity contribution is 7.13. The largest absolute Gasteiger partial charge is 0.346 e. The van der Waals surface area contributed by atoms with Gasteiger partial charge in [0.1, 0.15) is 4.88 Å². The maximum absolute atomic E-state index is 12.6. The first-order chi connectivity index (χ1) is 10.3. The second-order valence-corrected chi connectivity index (χ2v) is 6.48. The number of hydrogen-bond donors (Lipinski definition) is 0. The maximum atomic E-state index is 12.6. The molecule has 2 aromatic heterocycles. The van der Waals surface area contributed by atoms with Crippen molar-refractivity contribution in [2.24, 2.45) is 0 Å². The molecule has 0 bridgehead atoms. The summed E-state index contributed by atoms with van der Waals surface area (Å²) in [5.41, 5.74) is 0.811. The number of thiazole rings is 1. The van der Waals surface area contributed by atoms with Gasteiger partial charge in [0.05, 0.1) is 5.69 Å². The van der Waals surface area contributed by atoms with Gasteiger partial charge in [-0.05, 0) is 24.4 Å². The quantitative estimate of drug-likeness (QED) is 0.863. The molecule has 3 rings (SSSR count). The molecule has 3 heterocycles. The first-order valence-electron chi connectivity index (χ1n) is 7.04. The Hall–Kier alpha value is -1.54. The standard InChI is InChI=1S/C13H17N5OS2/c1-2-10-11(21-16-15-10)12(19)17-5-3-6-18(8-7-17)13-14-4-9-20-13/h4,9H,2-3,5-8H2,1H3. The van der Waals surface area contributed by atoms with E-state index in [-0.39, 0.29) is 5.91 Å². The van der Waals surface area contributed by atoms with Crippen molar-refractivity contribution in [2.75, 3.05) is 31.1 Å². The summed E-state index contributed by atoms with van der Waals surface area (Å²) in [6.07, 6.45) is 3.53. The number of anilines is 1. The van der Waals surface area contributed by atoms with E-state index in [1.54, 1.807) is 11.3 Å². The molecular formula is C13H17N5OS2. The van der Waals surface area contributed by atoms with Gasteiger partial charge in [-0.3, -0.25) is 4.79 Å². The number of nitrogens with zero attached hydrogens (tertiary/aromatic N) is 5. The molecule has 1 saturated heterocycles. The Bertz CT molecular complexity index is 597. The number of carbonyl (C=O) groups excluding carboxylic acids is 1. The zero-order valence-electron chi connectivity index (χ0n) is 11.9. The third kappa shape index (κ3) is 3.06. The van der Waals surface area contributed by atoms with Crippen LogP contribution in [0.4, 0.5) is 5.13 Å². The molecule has 2 aromatic rings. The predicted octanol–water partition coefficient (Wildman–Crippen LogP) is 1.91. The summed E-state index contributed by atoms with van der Waals surface area (Å²) in [7, 11) is 0. The fourth-order valence-corrected chi connectivity index (χ4v) is 3.85. The summed E-state index contributed by atoms with van der Waals surface area (Å²) >= 11 is 2.85. The van der Waals surface area contributed by atoms with Crippen LogP contribution in [-0.4, -0.2) is 51.6 Å². The maximum Gasteiger partial charge on any atom is 0.267 e. The molecule has 8 heteroatoms. The summed E-state index contributed by atoms with van der Waals surface area (Å²) in [5.74, 6) is 0.0721. The van der Waals surface area contributed by atoms with E-state index in [0.29, 0.717) is 4.88 Å². The Labute approximate surface area is 131 Å². The molecule has 112 valence electrons. The molecular weight excluding hydrogens is 306 g/mol. The molecule has 1 amide bonds. The van der Waals surface area contributed by atoms with E-state index in [4.69, 9.17) is 0 Å². The number of amides is 1. The van der Waals surface area contributed by atoms with Gasteiger partial charge < -0.3 is 9.80 Å². The minimum atomic E-state index is 0.0721. The summed E-state index contributed by atoms with van der Waals surface area (Å²) in [5, 5.41) is 7.06. The first-order valence-corrected chi connectivity index (χ1v) is 8.70. The molecule has 1 aliphatic heterocycles. The van der Waals surface area contributed by atoms with Gasteiger partial charge in [0.15, 0.2) is 5.13 Å². The molecule has 6 nitrogen and oxygen atoms in total. The molecule has 0 aliphatic carbocycles. The number of rotatable bonds is 3. The third-order valence-corrected chi connectivity index (χ3v) is 5.15. The molecule has 0 aromatic carbocycles. The smallest absolute Gasteiger partial charge is 0.267 e. The van der Waals surface area contributed by atoms with E-state index in [2.05, 4.69) is 19.5 Å². The molecule has 0 unspecified atom stereocenters. The topological polar surface area (TPSA) is 62.2 Å². The van der Waals surface area contributed by atoms with Crippen LogP contribution < -0.4 is 4.90 Å². The third-order valence-electron chi connectivity index (χ3n) is 3.56. The number of aromatic nitrogens is 3. The van der Waals surface area contributed by atoms with Crippen LogP contribution in [0.1, 0.15) is 28.7 Å². The highest BCUT2D eigenvalue weighted by Crippen LogP contribution is 2.20. The van der Waals surface area contributed by atoms with Crippen molar-refractivity contribution >= 4 is 33.9 Å². The monoisotopic (exact) mass is 323 g/mol. The average molecular weight is 323 g/mol. The van der Waals surface area contributed by atoms with Gasteiger partial charge in [-0.15, -0.1) is 16.4 Å². The van der Waals surface area contributed by atoms with E-state index in [9.17, 15) is 4.79 Å². The van der Waals surface area contributed by atoms with Crippen molar-refractivity contribution in [3.63, 3.8) is 0 Å². The Morgan fingerprint density at radius 1 is 1.33 bits per heavy atom. The number of hydrogen-bond acceptors (Lipinski definition) is 7. The summed E-state index contributed by atoms with van der Waals surface area (Å²) in [6, 6.07) is 0. The number of aryl methyl sites for hydroxylation is 1. The van der Waals surface area contributed by atoms with Gasteiger partial charge in [0, 0.05) is 37.8 Å². The van der Waals surface area contributed by atoms with Crippen LogP contribution in [0.25, 0.3) is 0 Å². The van der Waals surface area contributed by atoms with Crippen LogP contribution in [0.5, 0.6) is 0 Å². The Morgan fingerprint density at radius 3 is 3.00 bits per heavy atom. The molecule has 0 N–H and O–H groups in total. The molecule has 0 atom stereocenters. The lowest BCUT2D eigenvalue weighted by molar-refractivity contribution is 0.0770. The van der Waals surface area contributed by atoms with Crippen LogP contribution in [0.3, 0.4) is 0 Å². The minimum Gasteiger partial charge on any atom is -0.346 e. The Kier molecular flexibility index (Phi) is 4.45. The zero-order chi connectivity index (χ0) is 14.7. The second-order valence-electron chi connectivity index (χ2n) is 4.85. The van der Waals surface area contributed by atoms with E-state index < -0.39 is 0 Å². The molecule has 1 aliphatic rings. The molecule has 21 heavy (non-hydrogen) atoms. The predicted molar refractivity (Wildman–Crippen MR) is 84.1 cm³/mol. The Morgan fingerprint density at radius 2 is 2.24 bits per heavy atom. The van der Waals surface area contributed by atoms with Gasteiger partial charge >= 0.3 is 0 Å². The zero-order valence-corrected chi connectivity index (χ0v) is 13.5. The van der Waals surface area contributed by atoms with Crippen molar-refractivity contribution in [3.05, 3.63) is 22.1 Å².